The monoisotopic (exact) mass is 286 g/mol. The molecule has 0 fully saturated rings. The lowest BCUT2D eigenvalue weighted by molar-refractivity contribution is 0.241. The van der Waals surface area contributed by atoms with Gasteiger partial charge in [-0.3, -0.25) is 4.90 Å². The molecule has 0 saturated heterocycles. The molecule has 0 radical (unpaired) electrons. The third-order valence-electron chi connectivity index (χ3n) is 4.01. The topological polar surface area (TPSA) is 29.3 Å². The van der Waals surface area contributed by atoms with Gasteiger partial charge in [0, 0.05) is 24.2 Å². The maximum absolute atomic E-state index is 13.8. The van der Waals surface area contributed by atoms with Crippen LogP contribution < -0.4 is 5.73 Å². The minimum atomic E-state index is -0.166. The molecule has 2 aromatic carbocycles. The molecule has 2 unspecified atom stereocenters. The number of aryl methyl sites for hydroxylation is 1. The lowest BCUT2D eigenvalue weighted by atomic mass is 10.0. The summed E-state index contributed by atoms with van der Waals surface area (Å²) >= 11 is 0. The summed E-state index contributed by atoms with van der Waals surface area (Å²) in [6, 6.07) is 15.1. The van der Waals surface area contributed by atoms with Crippen molar-refractivity contribution in [3.05, 3.63) is 71.0 Å². The predicted molar refractivity (Wildman–Crippen MR) is 85.6 cm³/mol. The average Bonchev–Trinajstić information content (AvgIpc) is 2.47. The van der Waals surface area contributed by atoms with Crippen molar-refractivity contribution < 1.29 is 4.39 Å². The molecule has 0 aliphatic rings. The van der Waals surface area contributed by atoms with Gasteiger partial charge >= 0.3 is 0 Å². The van der Waals surface area contributed by atoms with Gasteiger partial charge in [0.25, 0.3) is 0 Å². The molecule has 2 nitrogen and oxygen atoms in total. The Bertz CT molecular complexity index is 580. The predicted octanol–water partition coefficient (Wildman–Crippen LogP) is 3.83. The van der Waals surface area contributed by atoms with Gasteiger partial charge in [0.2, 0.25) is 0 Å². The van der Waals surface area contributed by atoms with E-state index in [1.54, 1.807) is 6.07 Å². The molecule has 0 bridgehead atoms. The largest absolute Gasteiger partial charge is 0.323 e. The highest BCUT2D eigenvalue weighted by Crippen LogP contribution is 2.23. The second-order valence-corrected chi connectivity index (χ2v) is 5.65. The molecule has 0 amide bonds. The normalized spacial score (nSPS) is 14.2. The van der Waals surface area contributed by atoms with Gasteiger partial charge in [-0.2, -0.15) is 0 Å². The fraction of sp³-hybridized carbons (Fsp3) is 0.333. The van der Waals surface area contributed by atoms with Crippen LogP contribution in [0.2, 0.25) is 0 Å². The summed E-state index contributed by atoms with van der Waals surface area (Å²) in [4.78, 5) is 2.09. The van der Waals surface area contributed by atoms with Crippen molar-refractivity contribution >= 4 is 0 Å². The number of nitrogens with two attached hydrogens (primary N) is 1. The highest BCUT2D eigenvalue weighted by molar-refractivity contribution is 5.24. The number of likely N-dealkylation sites (N-methyl/N-ethyl adjacent to an activating group) is 1. The molecule has 0 aliphatic heterocycles. The van der Waals surface area contributed by atoms with E-state index in [0.717, 1.165) is 5.56 Å². The molecule has 21 heavy (non-hydrogen) atoms. The molecule has 0 heterocycles. The zero-order valence-corrected chi connectivity index (χ0v) is 12.9. The Morgan fingerprint density at radius 2 is 1.71 bits per heavy atom. The van der Waals surface area contributed by atoms with Gasteiger partial charge in [-0.15, -0.1) is 0 Å². The van der Waals surface area contributed by atoms with Gasteiger partial charge in [0.15, 0.2) is 0 Å². The van der Waals surface area contributed by atoms with Crippen molar-refractivity contribution in [2.24, 2.45) is 5.73 Å². The van der Waals surface area contributed by atoms with Gasteiger partial charge in [0.05, 0.1) is 0 Å². The molecule has 2 N–H and O–H groups in total. The number of rotatable bonds is 5. The second kappa shape index (κ2) is 6.83. The number of hydrogen-bond acceptors (Lipinski definition) is 2. The Morgan fingerprint density at radius 3 is 2.33 bits per heavy atom. The Labute approximate surface area is 126 Å². The van der Waals surface area contributed by atoms with Crippen LogP contribution in [0.15, 0.2) is 48.5 Å². The first-order valence-electron chi connectivity index (χ1n) is 7.26. The van der Waals surface area contributed by atoms with Gasteiger partial charge < -0.3 is 5.73 Å². The average molecular weight is 286 g/mol. The summed E-state index contributed by atoms with van der Waals surface area (Å²) < 4.78 is 13.8. The summed E-state index contributed by atoms with van der Waals surface area (Å²) in [5, 5.41) is 0. The molecule has 2 rings (SSSR count). The molecule has 3 heteroatoms. The van der Waals surface area contributed by atoms with Crippen molar-refractivity contribution in [3.8, 4) is 0 Å². The van der Waals surface area contributed by atoms with Crippen molar-refractivity contribution in [1.82, 2.24) is 4.90 Å². The number of hydrogen-bond donors (Lipinski definition) is 1. The van der Waals surface area contributed by atoms with Crippen LogP contribution in [0.1, 0.15) is 35.7 Å². The smallest absolute Gasteiger partial charge is 0.127 e. The Morgan fingerprint density at radius 1 is 1.10 bits per heavy atom. The summed E-state index contributed by atoms with van der Waals surface area (Å²) in [5.74, 6) is -0.166. The SMILES string of the molecule is Cc1ccc(C(N)CN(C)C(C)c2ccccc2F)cc1. The van der Waals surface area contributed by atoms with E-state index in [1.165, 1.54) is 11.6 Å². The molecular weight excluding hydrogens is 263 g/mol. The summed E-state index contributed by atoms with van der Waals surface area (Å²) in [6.45, 7) is 4.74. The standard InChI is InChI=1S/C18H23FN2/c1-13-8-10-15(11-9-13)18(20)12-21(3)14(2)16-6-4-5-7-17(16)19/h4-11,14,18H,12,20H2,1-3H3. The van der Waals surface area contributed by atoms with E-state index in [1.807, 2.05) is 26.1 Å². The summed E-state index contributed by atoms with van der Waals surface area (Å²) in [6.07, 6.45) is 0. The Hall–Kier alpha value is -1.71. The third-order valence-corrected chi connectivity index (χ3v) is 4.01. The first kappa shape index (κ1) is 15.7. The Balaban J connectivity index is 2.05. The van der Waals surface area contributed by atoms with Crippen LogP contribution in [0.5, 0.6) is 0 Å². The minimum absolute atomic E-state index is 0.0114. The molecule has 2 atom stereocenters. The van der Waals surface area contributed by atoms with Gasteiger partial charge in [-0.1, -0.05) is 48.0 Å². The number of nitrogens with zero attached hydrogens (tertiary/aromatic N) is 1. The highest BCUT2D eigenvalue weighted by Gasteiger charge is 2.18. The minimum Gasteiger partial charge on any atom is -0.323 e. The van der Waals surface area contributed by atoms with E-state index < -0.39 is 0 Å². The van der Waals surface area contributed by atoms with Crippen LogP contribution in [-0.4, -0.2) is 18.5 Å². The maximum atomic E-state index is 13.8. The van der Waals surface area contributed by atoms with E-state index in [0.29, 0.717) is 12.1 Å². The highest BCUT2D eigenvalue weighted by atomic mass is 19.1. The quantitative estimate of drug-likeness (QED) is 0.905. The van der Waals surface area contributed by atoms with Gasteiger partial charge in [-0.25, -0.2) is 4.39 Å². The lowest BCUT2D eigenvalue weighted by Gasteiger charge is -2.28. The van der Waals surface area contributed by atoms with E-state index >= 15 is 0 Å². The first-order valence-corrected chi connectivity index (χ1v) is 7.26. The second-order valence-electron chi connectivity index (χ2n) is 5.65. The molecule has 112 valence electrons. The van der Waals surface area contributed by atoms with Crippen molar-refractivity contribution in [2.75, 3.05) is 13.6 Å². The van der Waals surface area contributed by atoms with E-state index in [4.69, 9.17) is 5.73 Å². The van der Waals surface area contributed by atoms with Crippen LogP contribution in [-0.2, 0) is 0 Å². The van der Waals surface area contributed by atoms with E-state index in [-0.39, 0.29) is 17.9 Å². The fourth-order valence-corrected chi connectivity index (χ4v) is 2.44. The fourth-order valence-electron chi connectivity index (χ4n) is 2.44. The zero-order valence-electron chi connectivity index (χ0n) is 12.9. The van der Waals surface area contributed by atoms with E-state index in [2.05, 4.69) is 36.1 Å². The summed E-state index contributed by atoms with van der Waals surface area (Å²) in [7, 11) is 1.98. The molecule has 0 aliphatic carbocycles. The summed E-state index contributed by atoms with van der Waals surface area (Å²) in [5.41, 5.74) is 9.30. The molecule has 0 saturated carbocycles. The van der Waals surface area contributed by atoms with Crippen LogP contribution in [0.25, 0.3) is 0 Å². The van der Waals surface area contributed by atoms with Crippen molar-refractivity contribution in [2.45, 2.75) is 25.9 Å². The molecule has 0 aromatic heterocycles. The van der Waals surface area contributed by atoms with Crippen molar-refractivity contribution in [3.63, 3.8) is 0 Å². The maximum Gasteiger partial charge on any atom is 0.127 e. The first-order chi connectivity index (χ1) is 9.99. The van der Waals surface area contributed by atoms with Crippen LogP contribution >= 0.6 is 0 Å². The number of benzene rings is 2. The van der Waals surface area contributed by atoms with E-state index in [9.17, 15) is 4.39 Å². The third kappa shape index (κ3) is 3.90. The number of halogens is 1. The molecule has 0 spiro atoms. The van der Waals surface area contributed by atoms with Crippen LogP contribution in [0.3, 0.4) is 0 Å². The van der Waals surface area contributed by atoms with Gasteiger partial charge in [-0.05, 0) is 32.5 Å². The van der Waals surface area contributed by atoms with Crippen LogP contribution in [0, 0.1) is 12.7 Å². The molecule has 2 aromatic rings. The van der Waals surface area contributed by atoms with Crippen molar-refractivity contribution in [1.29, 1.82) is 0 Å². The van der Waals surface area contributed by atoms with Crippen LogP contribution in [0.4, 0.5) is 4.39 Å². The zero-order chi connectivity index (χ0) is 15.4. The Kier molecular flexibility index (Phi) is 5.10. The lowest BCUT2D eigenvalue weighted by Crippen LogP contribution is -2.31. The van der Waals surface area contributed by atoms with Gasteiger partial charge in [0.1, 0.15) is 5.82 Å². The molecular formula is C18H23FN2.